The van der Waals surface area contributed by atoms with Crippen LogP contribution in [0.15, 0.2) is 30.3 Å². The summed E-state index contributed by atoms with van der Waals surface area (Å²) in [4.78, 5) is 19.3. The maximum absolute atomic E-state index is 10.2. The zero-order valence-corrected chi connectivity index (χ0v) is 7.51. The molecule has 1 aromatic carbocycles. The Morgan fingerprint density at radius 1 is 1.14 bits per heavy atom. The van der Waals surface area contributed by atoms with Crippen LogP contribution in [0.3, 0.4) is 0 Å². The van der Waals surface area contributed by atoms with Gasteiger partial charge in [0.1, 0.15) is 0 Å². The Bertz CT molecular complexity index is 293. The fourth-order valence-corrected chi connectivity index (χ4v) is 0.581. The van der Waals surface area contributed by atoms with E-state index >= 15 is 0 Å². The fourth-order valence-electron chi connectivity index (χ4n) is 0.581. The number of rotatable bonds is 1. The summed E-state index contributed by atoms with van der Waals surface area (Å²) in [5.74, 6) is -0.879. The van der Waals surface area contributed by atoms with Crippen molar-refractivity contribution in [1.82, 2.24) is 0 Å². The van der Waals surface area contributed by atoms with E-state index in [2.05, 4.69) is 4.74 Å². The third kappa shape index (κ3) is 5.59. The molecule has 76 valence electrons. The van der Waals surface area contributed by atoms with Gasteiger partial charge in [-0.05, 0) is 12.1 Å². The molecule has 0 aliphatic carbocycles. The highest BCUT2D eigenvalue weighted by Gasteiger charge is 1.96. The minimum Gasteiger partial charge on any atom is -0.478 e. The smallest absolute Gasteiger partial charge is 0.478 e. The van der Waals surface area contributed by atoms with Gasteiger partial charge in [0, 0.05) is 0 Å². The summed E-state index contributed by atoms with van der Waals surface area (Å²) in [7, 11) is 1.10. The van der Waals surface area contributed by atoms with E-state index in [1.165, 1.54) is 0 Å². The minimum absolute atomic E-state index is 0.331. The van der Waals surface area contributed by atoms with Crippen molar-refractivity contribution in [2.24, 2.45) is 0 Å². The van der Waals surface area contributed by atoms with Crippen LogP contribution in [-0.2, 0) is 4.74 Å². The van der Waals surface area contributed by atoms with Crippen LogP contribution in [0.4, 0.5) is 4.79 Å². The molecule has 0 saturated heterocycles. The van der Waals surface area contributed by atoms with Crippen LogP contribution in [0.25, 0.3) is 0 Å². The quantitative estimate of drug-likeness (QED) is 0.671. The number of ether oxygens (including phenoxy) is 1. The van der Waals surface area contributed by atoms with Crippen LogP contribution >= 0.6 is 0 Å². The van der Waals surface area contributed by atoms with Gasteiger partial charge in [0.15, 0.2) is 0 Å². The van der Waals surface area contributed by atoms with E-state index < -0.39 is 12.1 Å². The standard InChI is InChI=1S/C7H6O2.C2H4O3/c8-7(9)6-4-2-1-3-5-6;1-5-2(3)4/h1-5H,(H,8,9);1H3,(H,3,4). The molecule has 14 heavy (non-hydrogen) atoms. The number of methoxy groups -OCH3 is 1. The van der Waals surface area contributed by atoms with Gasteiger partial charge in [-0.1, -0.05) is 18.2 Å². The second-order valence-corrected chi connectivity index (χ2v) is 2.14. The van der Waals surface area contributed by atoms with Crippen molar-refractivity contribution in [3.63, 3.8) is 0 Å². The number of carbonyl (C=O) groups is 2. The molecule has 0 amide bonds. The van der Waals surface area contributed by atoms with Gasteiger partial charge in [-0.25, -0.2) is 9.59 Å². The molecule has 0 heterocycles. The molecular weight excluding hydrogens is 188 g/mol. The van der Waals surface area contributed by atoms with Gasteiger partial charge in [-0.3, -0.25) is 0 Å². The van der Waals surface area contributed by atoms with Gasteiger partial charge in [-0.15, -0.1) is 0 Å². The molecule has 0 spiro atoms. The Hall–Kier alpha value is -2.04. The average Bonchev–Trinajstić information content (AvgIpc) is 2.20. The summed E-state index contributed by atoms with van der Waals surface area (Å²) in [5.41, 5.74) is 0.331. The van der Waals surface area contributed by atoms with Gasteiger partial charge >= 0.3 is 12.1 Å². The van der Waals surface area contributed by atoms with Crippen molar-refractivity contribution in [3.05, 3.63) is 35.9 Å². The topological polar surface area (TPSA) is 83.8 Å². The summed E-state index contributed by atoms with van der Waals surface area (Å²) in [6, 6.07) is 8.30. The first kappa shape index (κ1) is 12.0. The maximum Gasteiger partial charge on any atom is 0.505 e. The van der Waals surface area contributed by atoms with Crippen LogP contribution in [-0.4, -0.2) is 29.4 Å². The Kier molecular flexibility index (Phi) is 5.53. The number of benzene rings is 1. The van der Waals surface area contributed by atoms with Gasteiger partial charge in [-0.2, -0.15) is 0 Å². The van der Waals surface area contributed by atoms with E-state index in [1.54, 1.807) is 30.3 Å². The Morgan fingerprint density at radius 3 is 1.79 bits per heavy atom. The lowest BCUT2D eigenvalue weighted by Crippen LogP contribution is -1.93. The summed E-state index contributed by atoms with van der Waals surface area (Å²) in [6.45, 7) is 0. The second-order valence-electron chi connectivity index (χ2n) is 2.14. The number of carboxylic acids is 1. The zero-order chi connectivity index (χ0) is 11.0. The SMILES string of the molecule is COC(=O)O.O=C(O)c1ccccc1. The van der Waals surface area contributed by atoms with Gasteiger partial charge in [0.2, 0.25) is 0 Å². The molecular formula is C9H10O5. The van der Waals surface area contributed by atoms with E-state index in [1.807, 2.05) is 0 Å². The predicted molar refractivity (Wildman–Crippen MR) is 48.4 cm³/mol. The summed E-state index contributed by atoms with van der Waals surface area (Å²) in [6.07, 6.45) is -1.25. The van der Waals surface area contributed by atoms with Crippen LogP contribution < -0.4 is 0 Å². The lowest BCUT2D eigenvalue weighted by atomic mass is 10.2. The first-order valence-corrected chi connectivity index (χ1v) is 3.63. The summed E-state index contributed by atoms with van der Waals surface area (Å²) < 4.78 is 3.67. The molecule has 0 bridgehead atoms. The fraction of sp³-hybridized carbons (Fsp3) is 0.111. The van der Waals surface area contributed by atoms with E-state index in [-0.39, 0.29) is 0 Å². The summed E-state index contributed by atoms with van der Waals surface area (Å²) in [5, 5.41) is 15.9. The molecule has 0 unspecified atom stereocenters. The van der Waals surface area contributed by atoms with Crippen molar-refractivity contribution in [1.29, 1.82) is 0 Å². The van der Waals surface area contributed by atoms with E-state index in [9.17, 15) is 4.79 Å². The molecule has 0 aromatic heterocycles. The highest BCUT2D eigenvalue weighted by Crippen LogP contribution is 1.96. The third-order valence-electron chi connectivity index (χ3n) is 1.20. The van der Waals surface area contributed by atoms with E-state index in [0.29, 0.717) is 5.56 Å². The minimum atomic E-state index is -1.25. The molecule has 0 aliphatic heterocycles. The zero-order valence-electron chi connectivity index (χ0n) is 7.51. The molecule has 5 heteroatoms. The van der Waals surface area contributed by atoms with Gasteiger partial charge in [0.25, 0.3) is 0 Å². The van der Waals surface area contributed by atoms with E-state index in [4.69, 9.17) is 15.0 Å². The molecule has 0 aliphatic rings. The first-order valence-electron chi connectivity index (χ1n) is 3.63. The number of carboxylic acid groups (broad SMARTS) is 2. The van der Waals surface area contributed by atoms with Gasteiger partial charge in [0.05, 0.1) is 12.7 Å². The molecule has 0 radical (unpaired) electrons. The number of hydrogen-bond acceptors (Lipinski definition) is 3. The van der Waals surface area contributed by atoms with Crippen LogP contribution in [0.1, 0.15) is 10.4 Å². The first-order chi connectivity index (χ1) is 6.57. The predicted octanol–water partition coefficient (Wildman–Crippen LogP) is 1.70. The highest BCUT2D eigenvalue weighted by molar-refractivity contribution is 5.87. The normalized spacial score (nSPS) is 8.07. The van der Waals surface area contributed by atoms with Crippen LogP contribution in [0, 0.1) is 0 Å². The lowest BCUT2D eigenvalue weighted by Gasteiger charge is -1.88. The van der Waals surface area contributed by atoms with Crippen LogP contribution in [0.2, 0.25) is 0 Å². The van der Waals surface area contributed by atoms with Crippen molar-refractivity contribution in [2.45, 2.75) is 0 Å². The van der Waals surface area contributed by atoms with Crippen LogP contribution in [0.5, 0.6) is 0 Å². The monoisotopic (exact) mass is 198 g/mol. The average molecular weight is 198 g/mol. The van der Waals surface area contributed by atoms with Crippen molar-refractivity contribution < 1.29 is 24.5 Å². The second kappa shape index (κ2) is 6.47. The molecule has 1 aromatic rings. The Morgan fingerprint density at radius 2 is 1.57 bits per heavy atom. The van der Waals surface area contributed by atoms with Gasteiger partial charge < -0.3 is 14.9 Å². The maximum atomic E-state index is 10.2. The number of aromatic carboxylic acids is 1. The van der Waals surface area contributed by atoms with Crippen molar-refractivity contribution in [3.8, 4) is 0 Å². The molecule has 0 fully saturated rings. The largest absolute Gasteiger partial charge is 0.505 e. The van der Waals surface area contributed by atoms with Crippen molar-refractivity contribution >= 4 is 12.1 Å². The summed E-state index contributed by atoms with van der Waals surface area (Å²) >= 11 is 0. The third-order valence-corrected chi connectivity index (χ3v) is 1.20. The molecule has 2 N–H and O–H groups in total. The lowest BCUT2D eigenvalue weighted by molar-refractivity contribution is 0.0696. The Labute approximate surface area is 80.6 Å². The molecule has 0 saturated carbocycles. The Balaban J connectivity index is 0.000000292. The molecule has 5 nitrogen and oxygen atoms in total. The molecule has 0 atom stereocenters. The molecule has 1 rings (SSSR count). The highest BCUT2D eigenvalue weighted by atomic mass is 16.6. The van der Waals surface area contributed by atoms with E-state index in [0.717, 1.165) is 7.11 Å². The number of hydrogen-bond donors (Lipinski definition) is 2. The van der Waals surface area contributed by atoms with Crippen molar-refractivity contribution in [2.75, 3.05) is 7.11 Å².